The maximum Gasteiger partial charge on any atom is 0.260 e. The fourth-order valence-electron chi connectivity index (χ4n) is 3.10. The fourth-order valence-corrected chi connectivity index (χ4v) is 3.10. The van der Waals surface area contributed by atoms with Gasteiger partial charge in [-0.1, -0.05) is 36.4 Å². The molecule has 0 spiro atoms. The second-order valence-corrected chi connectivity index (χ2v) is 6.65. The number of nitrogens with zero attached hydrogens (tertiary/aromatic N) is 4. The number of benzene rings is 2. The lowest BCUT2D eigenvalue weighted by Crippen LogP contribution is -2.32. The molecule has 2 aromatic carbocycles. The van der Waals surface area contributed by atoms with Crippen molar-refractivity contribution >= 4 is 0 Å². The molecule has 0 aliphatic carbocycles. The smallest absolute Gasteiger partial charge is 0.260 e. The van der Waals surface area contributed by atoms with Gasteiger partial charge in [-0.05, 0) is 37.1 Å². The Balaban J connectivity index is 1.91. The van der Waals surface area contributed by atoms with Crippen LogP contribution >= 0.6 is 0 Å². The highest BCUT2D eigenvalue weighted by atomic mass is 16.4. The molecule has 1 atom stereocenters. The zero-order chi connectivity index (χ0) is 19.0. The second kappa shape index (κ2) is 6.48. The molecule has 27 heavy (non-hydrogen) atoms. The van der Waals surface area contributed by atoms with Crippen LogP contribution in [0.25, 0.3) is 11.5 Å². The Labute approximate surface area is 157 Å². The van der Waals surface area contributed by atoms with Gasteiger partial charge in [0.2, 0.25) is 11.5 Å². The normalized spacial score (nSPS) is 13.5. The number of hydrogen-bond donors (Lipinski definition) is 1. The van der Waals surface area contributed by atoms with Gasteiger partial charge in [0, 0.05) is 30.6 Å². The molecular formula is C21H20N4O2. The maximum atomic E-state index is 11.8. The van der Waals surface area contributed by atoms with E-state index in [-0.39, 0.29) is 5.89 Å². The Morgan fingerprint density at radius 3 is 2.44 bits per heavy atom. The van der Waals surface area contributed by atoms with Gasteiger partial charge in [0.1, 0.15) is 0 Å². The first-order valence-electron chi connectivity index (χ1n) is 8.67. The predicted octanol–water partition coefficient (Wildman–Crippen LogP) is 3.37. The maximum absolute atomic E-state index is 11.8. The molecule has 4 rings (SSSR count). The Morgan fingerprint density at radius 1 is 1.00 bits per heavy atom. The average molecular weight is 360 g/mol. The molecule has 0 saturated carbocycles. The molecule has 0 bridgehead atoms. The number of aryl methyl sites for hydroxylation is 3. The zero-order valence-electron chi connectivity index (χ0n) is 15.4. The molecule has 0 radical (unpaired) electrons. The molecule has 6 nitrogen and oxygen atoms in total. The summed E-state index contributed by atoms with van der Waals surface area (Å²) in [5.74, 6) is 0.843. The number of hydrogen-bond acceptors (Lipinski definition) is 5. The first-order valence-corrected chi connectivity index (χ1v) is 8.67. The number of aliphatic hydroxyl groups is 1. The Hall–Kier alpha value is -3.25. The van der Waals surface area contributed by atoms with Crippen molar-refractivity contribution in [2.45, 2.75) is 19.4 Å². The van der Waals surface area contributed by atoms with Crippen LogP contribution in [0.4, 0.5) is 0 Å². The van der Waals surface area contributed by atoms with E-state index in [1.54, 1.807) is 17.0 Å². The van der Waals surface area contributed by atoms with E-state index in [1.165, 1.54) is 0 Å². The third kappa shape index (κ3) is 2.84. The molecule has 6 heteroatoms. The molecule has 0 aliphatic heterocycles. The lowest BCUT2D eigenvalue weighted by atomic mass is 9.90. The monoisotopic (exact) mass is 360 g/mol. The van der Waals surface area contributed by atoms with Gasteiger partial charge in [-0.15, -0.1) is 10.2 Å². The molecule has 2 heterocycles. The first-order chi connectivity index (χ1) is 13.0. The van der Waals surface area contributed by atoms with E-state index in [0.29, 0.717) is 17.3 Å². The Morgan fingerprint density at radius 2 is 1.78 bits per heavy atom. The van der Waals surface area contributed by atoms with Gasteiger partial charge in [-0.3, -0.25) is 0 Å². The molecule has 0 unspecified atom stereocenters. The highest BCUT2D eigenvalue weighted by Crippen LogP contribution is 2.36. The summed E-state index contributed by atoms with van der Waals surface area (Å²) in [5, 5.41) is 20.1. The van der Waals surface area contributed by atoms with E-state index < -0.39 is 5.60 Å². The van der Waals surface area contributed by atoms with Gasteiger partial charge in [0.05, 0.1) is 0 Å². The van der Waals surface area contributed by atoms with Crippen LogP contribution in [0, 0.1) is 13.8 Å². The highest BCUT2D eigenvalue weighted by molar-refractivity contribution is 5.52. The molecule has 1 N–H and O–H groups in total. The van der Waals surface area contributed by atoms with Crippen molar-refractivity contribution in [2.75, 3.05) is 0 Å². The SMILES string of the molecule is Cc1ccc([C@@](O)(c2nnc(-c3ccccc3)o2)c2nccn2C)cc1C. The van der Waals surface area contributed by atoms with Crippen molar-refractivity contribution in [3.8, 4) is 11.5 Å². The summed E-state index contributed by atoms with van der Waals surface area (Å²) in [7, 11) is 1.82. The lowest BCUT2D eigenvalue weighted by Gasteiger charge is -2.25. The van der Waals surface area contributed by atoms with Crippen LogP contribution in [0.3, 0.4) is 0 Å². The molecule has 136 valence electrons. The standard InChI is InChI=1S/C21H20N4O2/c1-14-9-10-17(13-15(14)2)21(26,19-22-11-12-25(19)3)20-24-23-18(27-20)16-7-5-4-6-8-16/h4-13,26H,1-3H3/t21-/m0/s1. The van der Waals surface area contributed by atoms with Crippen LogP contribution in [-0.2, 0) is 12.6 Å². The van der Waals surface area contributed by atoms with Crippen LogP contribution < -0.4 is 0 Å². The van der Waals surface area contributed by atoms with Gasteiger partial charge in [-0.25, -0.2) is 4.98 Å². The fraction of sp³-hybridized carbons (Fsp3) is 0.190. The quantitative estimate of drug-likeness (QED) is 0.604. The Kier molecular flexibility index (Phi) is 4.12. The van der Waals surface area contributed by atoms with E-state index in [2.05, 4.69) is 15.2 Å². The minimum Gasteiger partial charge on any atom is -0.417 e. The zero-order valence-corrected chi connectivity index (χ0v) is 15.4. The highest BCUT2D eigenvalue weighted by Gasteiger charge is 2.43. The van der Waals surface area contributed by atoms with Crippen molar-refractivity contribution in [3.63, 3.8) is 0 Å². The van der Waals surface area contributed by atoms with E-state index in [9.17, 15) is 5.11 Å². The first kappa shape index (κ1) is 17.2. The average Bonchev–Trinajstić information content (AvgIpc) is 3.34. The van der Waals surface area contributed by atoms with E-state index in [1.807, 2.05) is 69.4 Å². The third-order valence-corrected chi connectivity index (χ3v) is 4.82. The molecule has 2 aromatic heterocycles. The van der Waals surface area contributed by atoms with Gasteiger partial charge in [-0.2, -0.15) is 0 Å². The van der Waals surface area contributed by atoms with E-state index in [4.69, 9.17) is 4.42 Å². The van der Waals surface area contributed by atoms with Crippen LogP contribution in [0.15, 0.2) is 65.3 Å². The van der Waals surface area contributed by atoms with E-state index in [0.717, 1.165) is 16.7 Å². The van der Waals surface area contributed by atoms with Crippen molar-refractivity contribution in [1.29, 1.82) is 0 Å². The molecule has 0 fully saturated rings. The Bertz CT molecular complexity index is 1080. The number of rotatable bonds is 4. The minimum absolute atomic E-state index is 0.0823. The summed E-state index contributed by atoms with van der Waals surface area (Å²) in [6.07, 6.45) is 3.41. The summed E-state index contributed by atoms with van der Waals surface area (Å²) in [6.45, 7) is 4.03. The summed E-state index contributed by atoms with van der Waals surface area (Å²) in [4.78, 5) is 4.36. The lowest BCUT2D eigenvalue weighted by molar-refractivity contribution is 0.0813. The van der Waals surface area contributed by atoms with Crippen LogP contribution in [-0.4, -0.2) is 24.9 Å². The summed E-state index contributed by atoms with van der Waals surface area (Å²) in [5.41, 5.74) is 1.96. The van der Waals surface area contributed by atoms with Crippen LogP contribution in [0.1, 0.15) is 28.4 Å². The van der Waals surface area contributed by atoms with Crippen LogP contribution in [0.5, 0.6) is 0 Å². The molecule has 0 saturated heterocycles. The topological polar surface area (TPSA) is 77.0 Å². The molecule has 0 amide bonds. The van der Waals surface area contributed by atoms with Crippen molar-refractivity contribution < 1.29 is 9.52 Å². The van der Waals surface area contributed by atoms with Crippen molar-refractivity contribution in [1.82, 2.24) is 19.7 Å². The van der Waals surface area contributed by atoms with Gasteiger partial charge in [0.25, 0.3) is 5.89 Å². The second-order valence-electron chi connectivity index (χ2n) is 6.65. The minimum atomic E-state index is -1.66. The van der Waals surface area contributed by atoms with Crippen LogP contribution in [0.2, 0.25) is 0 Å². The third-order valence-electron chi connectivity index (χ3n) is 4.82. The number of aromatic nitrogens is 4. The summed E-state index contributed by atoms with van der Waals surface area (Å²) in [6, 6.07) is 15.2. The van der Waals surface area contributed by atoms with E-state index >= 15 is 0 Å². The summed E-state index contributed by atoms with van der Waals surface area (Å²) < 4.78 is 7.66. The molecular weight excluding hydrogens is 340 g/mol. The number of imidazole rings is 1. The summed E-state index contributed by atoms with van der Waals surface area (Å²) >= 11 is 0. The predicted molar refractivity (Wildman–Crippen MR) is 101 cm³/mol. The van der Waals surface area contributed by atoms with Gasteiger partial charge >= 0.3 is 0 Å². The molecule has 0 aliphatic rings. The van der Waals surface area contributed by atoms with Gasteiger partial charge in [0.15, 0.2) is 5.82 Å². The molecule has 4 aromatic rings. The van der Waals surface area contributed by atoms with Crippen molar-refractivity contribution in [3.05, 3.63) is 89.3 Å². The largest absolute Gasteiger partial charge is 0.417 e. The van der Waals surface area contributed by atoms with Gasteiger partial charge < -0.3 is 14.1 Å². The van der Waals surface area contributed by atoms with Crippen molar-refractivity contribution in [2.24, 2.45) is 7.05 Å².